The van der Waals surface area contributed by atoms with Gasteiger partial charge < -0.3 is 5.73 Å². The molecule has 0 spiro atoms. The van der Waals surface area contributed by atoms with Gasteiger partial charge in [0.2, 0.25) is 0 Å². The van der Waals surface area contributed by atoms with Gasteiger partial charge in [-0.05, 0) is 41.8 Å². The van der Waals surface area contributed by atoms with E-state index >= 15 is 0 Å². The maximum Gasteiger partial charge on any atom is 0.271 e. The third-order valence-electron chi connectivity index (χ3n) is 5.84. The van der Waals surface area contributed by atoms with Crippen molar-refractivity contribution in [2.75, 3.05) is 4.90 Å². The SMILES string of the molecule is Cc1ccsc1C1C(C#N)=C(N)N(c2cccc([N+](=O)[O-])c2)C2=C1C(=O)CC(C)(C)C2. The first-order chi connectivity index (χ1) is 14.6. The number of nitrogens with zero attached hydrogens (tertiary/aromatic N) is 3. The summed E-state index contributed by atoms with van der Waals surface area (Å²) >= 11 is 1.50. The van der Waals surface area contributed by atoms with Gasteiger partial charge in [0, 0.05) is 34.7 Å². The van der Waals surface area contributed by atoms with E-state index in [4.69, 9.17) is 5.73 Å². The van der Waals surface area contributed by atoms with Gasteiger partial charge in [-0.15, -0.1) is 11.3 Å². The summed E-state index contributed by atoms with van der Waals surface area (Å²) in [5.41, 5.74) is 9.23. The molecular weight excluding hydrogens is 412 g/mol. The van der Waals surface area contributed by atoms with Crippen molar-refractivity contribution in [3.8, 4) is 6.07 Å². The molecule has 0 bridgehead atoms. The molecule has 0 fully saturated rings. The fourth-order valence-electron chi connectivity index (χ4n) is 4.49. The Morgan fingerprint density at radius 3 is 2.68 bits per heavy atom. The maximum absolute atomic E-state index is 13.4. The van der Waals surface area contributed by atoms with Crippen molar-refractivity contribution in [1.82, 2.24) is 0 Å². The van der Waals surface area contributed by atoms with Crippen LogP contribution in [0, 0.1) is 33.8 Å². The number of nitriles is 1. The van der Waals surface area contributed by atoms with Crippen molar-refractivity contribution < 1.29 is 9.72 Å². The lowest BCUT2D eigenvalue weighted by Gasteiger charge is -2.43. The van der Waals surface area contributed by atoms with E-state index in [2.05, 4.69) is 6.07 Å². The Hall–Kier alpha value is -3.44. The number of hydrogen-bond donors (Lipinski definition) is 1. The fourth-order valence-corrected chi connectivity index (χ4v) is 5.54. The monoisotopic (exact) mass is 434 g/mol. The number of nitro groups is 1. The van der Waals surface area contributed by atoms with Crippen molar-refractivity contribution in [1.29, 1.82) is 5.26 Å². The molecule has 1 atom stereocenters. The lowest BCUT2D eigenvalue weighted by atomic mass is 9.69. The van der Waals surface area contributed by atoms with Crippen molar-refractivity contribution in [2.24, 2.45) is 11.1 Å². The van der Waals surface area contributed by atoms with Crippen LogP contribution in [-0.2, 0) is 4.79 Å². The Balaban J connectivity index is 2.01. The van der Waals surface area contributed by atoms with Crippen molar-refractivity contribution in [3.05, 3.63) is 78.9 Å². The van der Waals surface area contributed by atoms with E-state index in [9.17, 15) is 20.2 Å². The molecule has 1 unspecified atom stereocenters. The zero-order valence-electron chi connectivity index (χ0n) is 17.5. The van der Waals surface area contributed by atoms with Crippen molar-refractivity contribution in [2.45, 2.75) is 39.5 Å². The standard InChI is InChI=1S/C23H22N4O3S/c1-13-7-8-31-21(13)19-16(12-24)22(25)26(14-5-4-6-15(9-14)27(29)30)17-10-23(2,3)11-18(28)20(17)19/h4-9,19H,10-11,25H2,1-3H3. The molecule has 2 aromatic rings. The minimum atomic E-state index is -0.515. The molecule has 1 aromatic carbocycles. The zero-order valence-corrected chi connectivity index (χ0v) is 18.3. The largest absolute Gasteiger partial charge is 0.384 e. The summed E-state index contributed by atoms with van der Waals surface area (Å²) in [4.78, 5) is 26.9. The normalized spacial score (nSPS) is 20.5. The Bertz CT molecular complexity index is 1220. The third kappa shape index (κ3) is 3.41. The number of ketones is 1. The molecular formula is C23H22N4O3S. The molecule has 2 heterocycles. The fraction of sp³-hybridized carbons (Fsp3) is 0.304. The number of nitro benzene ring substituents is 1. The number of aryl methyl sites for hydroxylation is 1. The van der Waals surface area contributed by atoms with Crippen LogP contribution in [-0.4, -0.2) is 10.7 Å². The van der Waals surface area contributed by atoms with Gasteiger partial charge in [0.05, 0.1) is 28.2 Å². The van der Waals surface area contributed by atoms with Gasteiger partial charge >= 0.3 is 0 Å². The molecule has 1 aliphatic carbocycles. The summed E-state index contributed by atoms with van der Waals surface area (Å²) in [5, 5.41) is 23.3. The van der Waals surface area contributed by atoms with Crippen LogP contribution in [0.25, 0.3) is 0 Å². The number of nitrogens with two attached hydrogens (primary N) is 1. The molecule has 0 saturated heterocycles. The molecule has 1 aromatic heterocycles. The number of benzene rings is 1. The van der Waals surface area contributed by atoms with Crippen molar-refractivity contribution >= 4 is 28.5 Å². The summed E-state index contributed by atoms with van der Waals surface area (Å²) in [5.74, 6) is -0.316. The van der Waals surface area contributed by atoms with Gasteiger partial charge in [-0.2, -0.15) is 5.26 Å². The summed E-state index contributed by atoms with van der Waals surface area (Å²) in [7, 11) is 0. The zero-order chi connectivity index (χ0) is 22.5. The first-order valence-corrected chi connectivity index (χ1v) is 10.8. The number of hydrogen-bond acceptors (Lipinski definition) is 7. The summed E-state index contributed by atoms with van der Waals surface area (Å²) in [6.07, 6.45) is 0.936. The van der Waals surface area contributed by atoms with Gasteiger partial charge in [0.15, 0.2) is 5.78 Å². The number of non-ortho nitro benzene ring substituents is 1. The van der Waals surface area contributed by atoms with E-state index in [1.54, 1.807) is 17.0 Å². The van der Waals surface area contributed by atoms with Crippen LogP contribution in [0.15, 0.2) is 58.4 Å². The van der Waals surface area contributed by atoms with E-state index in [1.165, 1.54) is 23.5 Å². The molecule has 2 N–H and O–H groups in total. The number of rotatable bonds is 3. The predicted molar refractivity (Wildman–Crippen MR) is 119 cm³/mol. The number of carbonyl (C=O) groups excluding carboxylic acids is 1. The minimum absolute atomic E-state index is 0.0141. The Kier molecular flexibility index (Phi) is 4.94. The van der Waals surface area contributed by atoms with E-state index in [0.717, 1.165) is 16.1 Å². The number of carbonyl (C=O) groups is 1. The Morgan fingerprint density at radius 2 is 2.06 bits per heavy atom. The van der Waals surface area contributed by atoms with Gasteiger partial charge in [-0.1, -0.05) is 19.9 Å². The van der Waals surface area contributed by atoms with Crippen molar-refractivity contribution in [3.63, 3.8) is 0 Å². The second kappa shape index (κ2) is 7.36. The third-order valence-corrected chi connectivity index (χ3v) is 6.93. The first kappa shape index (κ1) is 20.8. The molecule has 0 saturated carbocycles. The topological polar surface area (TPSA) is 113 Å². The van der Waals surface area contributed by atoms with Crippen LogP contribution < -0.4 is 10.6 Å². The summed E-state index contributed by atoms with van der Waals surface area (Å²) < 4.78 is 0. The van der Waals surface area contributed by atoms with Gasteiger partial charge in [0.25, 0.3) is 5.69 Å². The predicted octanol–water partition coefficient (Wildman–Crippen LogP) is 4.91. The smallest absolute Gasteiger partial charge is 0.271 e. The van der Waals surface area contributed by atoms with E-state index in [0.29, 0.717) is 29.7 Å². The van der Waals surface area contributed by atoms with E-state index < -0.39 is 10.8 Å². The Morgan fingerprint density at radius 1 is 1.32 bits per heavy atom. The second-order valence-corrected chi connectivity index (χ2v) is 9.67. The number of thiophene rings is 1. The van der Waals surface area contributed by atoms with Crippen LogP contribution in [0.3, 0.4) is 0 Å². The lowest BCUT2D eigenvalue weighted by molar-refractivity contribution is -0.384. The van der Waals surface area contributed by atoms with Crippen LogP contribution in [0.5, 0.6) is 0 Å². The van der Waals surface area contributed by atoms with Crippen LogP contribution in [0.1, 0.15) is 43.0 Å². The minimum Gasteiger partial charge on any atom is -0.384 e. The van der Waals surface area contributed by atoms with Crippen LogP contribution in [0.4, 0.5) is 11.4 Å². The average Bonchev–Trinajstić information content (AvgIpc) is 3.11. The molecule has 0 amide bonds. The molecule has 2 aliphatic rings. The summed E-state index contributed by atoms with van der Waals surface area (Å²) in [6.45, 7) is 6.00. The Labute approximate surface area is 184 Å². The van der Waals surface area contributed by atoms with E-state index in [1.807, 2.05) is 32.2 Å². The number of allylic oxidation sites excluding steroid dienone is 3. The quantitative estimate of drug-likeness (QED) is 0.543. The molecule has 7 nitrogen and oxygen atoms in total. The highest BCUT2D eigenvalue weighted by molar-refractivity contribution is 7.10. The highest BCUT2D eigenvalue weighted by Gasteiger charge is 2.45. The second-order valence-electron chi connectivity index (χ2n) is 8.73. The van der Waals surface area contributed by atoms with Gasteiger partial charge in [0.1, 0.15) is 5.82 Å². The van der Waals surface area contributed by atoms with E-state index in [-0.39, 0.29) is 22.7 Å². The first-order valence-electron chi connectivity index (χ1n) is 9.89. The molecule has 4 rings (SSSR count). The average molecular weight is 435 g/mol. The number of Topliss-reactive ketones (excluding diaryl/α,β-unsaturated/α-hetero) is 1. The molecule has 0 radical (unpaired) electrons. The molecule has 31 heavy (non-hydrogen) atoms. The maximum atomic E-state index is 13.4. The van der Waals surface area contributed by atoms with Crippen LogP contribution in [0.2, 0.25) is 0 Å². The summed E-state index contributed by atoms with van der Waals surface area (Å²) in [6, 6.07) is 10.3. The number of anilines is 1. The lowest BCUT2D eigenvalue weighted by Crippen LogP contribution is -2.42. The molecule has 1 aliphatic heterocycles. The molecule has 158 valence electrons. The van der Waals surface area contributed by atoms with Gasteiger partial charge in [-0.25, -0.2) is 0 Å². The molecule has 8 heteroatoms. The van der Waals surface area contributed by atoms with Crippen LogP contribution >= 0.6 is 11.3 Å². The highest BCUT2D eigenvalue weighted by atomic mass is 32.1. The highest BCUT2D eigenvalue weighted by Crippen LogP contribution is 2.51. The van der Waals surface area contributed by atoms with Gasteiger partial charge in [-0.3, -0.25) is 19.8 Å².